The first-order chi connectivity index (χ1) is 7.56. The summed E-state index contributed by atoms with van der Waals surface area (Å²) >= 11 is 4.75. The van der Waals surface area contributed by atoms with E-state index in [0.29, 0.717) is 10.8 Å². The van der Waals surface area contributed by atoms with Crippen molar-refractivity contribution in [1.29, 1.82) is 0 Å². The first kappa shape index (κ1) is 11.3. The van der Waals surface area contributed by atoms with Crippen LogP contribution >= 0.6 is 27.3 Å². The van der Waals surface area contributed by atoms with Crippen molar-refractivity contribution in [2.45, 2.75) is 6.92 Å². The fraction of sp³-hybridized carbons (Fsp3) is 0.200. The highest BCUT2D eigenvalue weighted by Crippen LogP contribution is 2.18. The standard InChI is InChI=1S/C10H10BrN3OS/c1-6-5-16-10(12-6)13-9(15)8-3-7(11)4-14(8)2/h3-5H,1-2H3,(H,12,13,15). The van der Waals surface area contributed by atoms with Gasteiger partial charge in [-0.1, -0.05) is 0 Å². The summed E-state index contributed by atoms with van der Waals surface area (Å²) in [5.41, 5.74) is 1.51. The summed E-state index contributed by atoms with van der Waals surface area (Å²) in [5, 5.41) is 5.28. The SMILES string of the molecule is Cc1csc(NC(=O)c2cc(Br)cn2C)n1. The number of thiazole rings is 1. The number of nitrogens with zero attached hydrogens (tertiary/aromatic N) is 2. The minimum atomic E-state index is -0.150. The van der Waals surface area contributed by atoms with Gasteiger partial charge in [-0.15, -0.1) is 11.3 Å². The molecule has 1 N–H and O–H groups in total. The van der Waals surface area contributed by atoms with Crippen LogP contribution in [0.15, 0.2) is 22.1 Å². The van der Waals surface area contributed by atoms with E-state index in [-0.39, 0.29) is 5.91 Å². The van der Waals surface area contributed by atoms with E-state index in [2.05, 4.69) is 26.2 Å². The lowest BCUT2D eigenvalue weighted by Crippen LogP contribution is -2.15. The maximum atomic E-state index is 11.9. The molecule has 0 atom stereocenters. The van der Waals surface area contributed by atoms with E-state index >= 15 is 0 Å². The number of carbonyl (C=O) groups is 1. The lowest BCUT2D eigenvalue weighted by atomic mass is 10.4. The van der Waals surface area contributed by atoms with Crippen LogP contribution in [-0.4, -0.2) is 15.5 Å². The Labute approximate surface area is 105 Å². The molecule has 2 heterocycles. The van der Waals surface area contributed by atoms with E-state index in [4.69, 9.17) is 0 Å². The summed E-state index contributed by atoms with van der Waals surface area (Å²) in [4.78, 5) is 16.0. The van der Waals surface area contributed by atoms with Crippen LogP contribution in [0.2, 0.25) is 0 Å². The number of aryl methyl sites for hydroxylation is 2. The number of halogens is 1. The lowest BCUT2D eigenvalue weighted by Gasteiger charge is -2.02. The Morgan fingerprint density at radius 2 is 2.38 bits per heavy atom. The third-order valence-electron chi connectivity index (χ3n) is 2.04. The van der Waals surface area contributed by atoms with Crippen molar-refractivity contribution in [3.63, 3.8) is 0 Å². The second-order valence-electron chi connectivity index (χ2n) is 3.40. The molecule has 0 radical (unpaired) electrons. The number of nitrogens with one attached hydrogen (secondary N) is 1. The van der Waals surface area contributed by atoms with Crippen LogP contribution < -0.4 is 5.32 Å². The Bertz CT molecular complexity index is 532. The van der Waals surface area contributed by atoms with Crippen LogP contribution in [0.4, 0.5) is 5.13 Å². The van der Waals surface area contributed by atoms with Gasteiger partial charge in [-0.05, 0) is 28.9 Å². The molecule has 2 aromatic rings. The highest BCUT2D eigenvalue weighted by molar-refractivity contribution is 9.10. The van der Waals surface area contributed by atoms with Gasteiger partial charge in [-0.2, -0.15) is 0 Å². The van der Waals surface area contributed by atoms with Gasteiger partial charge in [-0.3, -0.25) is 10.1 Å². The van der Waals surface area contributed by atoms with Crippen LogP contribution in [0, 0.1) is 6.92 Å². The second kappa shape index (κ2) is 4.39. The van der Waals surface area contributed by atoms with E-state index < -0.39 is 0 Å². The molecule has 0 aliphatic heterocycles. The lowest BCUT2D eigenvalue weighted by molar-refractivity contribution is 0.101. The Kier molecular flexibility index (Phi) is 3.11. The minimum Gasteiger partial charge on any atom is -0.345 e. The number of carbonyl (C=O) groups excluding carboxylic acids is 1. The van der Waals surface area contributed by atoms with Crippen LogP contribution in [0.25, 0.3) is 0 Å². The molecule has 0 fully saturated rings. The van der Waals surface area contributed by atoms with Crippen molar-refractivity contribution in [2.24, 2.45) is 7.05 Å². The minimum absolute atomic E-state index is 0.150. The number of anilines is 1. The number of hydrogen-bond acceptors (Lipinski definition) is 3. The smallest absolute Gasteiger partial charge is 0.274 e. The van der Waals surface area contributed by atoms with E-state index in [1.807, 2.05) is 25.5 Å². The molecule has 2 rings (SSSR count). The van der Waals surface area contributed by atoms with Crippen molar-refractivity contribution >= 4 is 38.3 Å². The molecule has 0 aromatic carbocycles. The molecule has 0 aliphatic rings. The fourth-order valence-corrected chi connectivity index (χ4v) is 2.53. The topological polar surface area (TPSA) is 46.9 Å². The molecule has 1 amide bonds. The van der Waals surface area contributed by atoms with Gasteiger partial charge in [0.2, 0.25) is 0 Å². The summed E-state index contributed by atoms with van der Waals surface area (Å²) < 4.78 is 2.65. The Balaban J connectivity index is 2.17. The molecule has 6 heteroatoms. The van der Waals surface area contributed by atoms with E-state index in [1.165, 1.54) is 11.3 Å². The monoisotopic (exact) mass is 299 g/mol. The maximum absolute atomic E-state index is 11.9. The first-order valence-electron chi connectivity index (χ1n) is 4.61. The molecular formula is C10H10BrN3OS. The van der Waals surface area contributed by atoms with Crippen LogP contribution in [0.1, 0.15) is 16.2 Å². The molecule has 0 unspecified atom stereocenters. The molecule has 84 valence electrons. The predicted molar refractivity (Wildman–Crippen MR) is 67.9 cm³/mol. The summed E-state index contributed by atoms with van der Waals surface area (Å²) in [5.74, 6) is -0.150. The second-order valence-corrected chi connectivity index (χ2v) is 5.18. The zero-order valence-electron chi connectivity index (χ0n) is 8.82. The number of hydrogen-bond donors (Lipinski definition) is 1. The van der Waals surface area contributed by atoms with Gasteiger partial charge in [0.15, 0.2) is 5.13 Å². The quantitative estimate of drug-likeness (QED) is 0.927. The van der Waals surface area contributed by atoms with Gasteiger partial charge >= 0.3 is 0 Å². The molecule has 0 bridgehead atoms. The average molecular weight is 300 g/mol. The van der Waals surface area contributed by atoms with Crippen molar-refractivity contribution < 1.29 is 4.79 Å². The van der Waals surface area contributed by atoms with Crippen LogP contribution in [-0.2, 0) is 7.05 Å². The average Bonchev–Trinajstić information content (AvgIpc) is 2.73. The van der Waals surface area contributed by atoms with Gasteiger partial charge in [0.05, 0.1) is 5.69 Å². The highest BCUT2D eigenvalue weighted by Gasteiger charge is 2.12. The van der Waals surface area contributed by atoms with Crippen LogP contribution in [0.5, 0.6) is 0 Å². The van der Waals surface area contributed by atoms with Crippen molar-refractivity contribution in [3.05, 3.63) is 33.5 Å². The Morgan fingerprint density at radius 1 is 1.62 bits per heavy atom. The Morgan fingerprint density at radius 3 is 2.88 bits per heavy atom. The molecule has 2 aromatic heterocycles. The number of rotatable bonds is 2. The van der Waals surface area contributed by atoms with Gasteiger partial charge in [0.25, 0.3) is 5.91 Å². The Hall–Kier alpha value is -1.14. The number of amides is 1. The molecule has 0 saturated carbocycles. The zero-order valence-corrected chi connectivity index (χ0v) is 11.2. The number of aromatic nitrogens is 2. The molecule has 4 nitrogen and oxygen atoms in total. The van der Waals surface area contributed by atoms with Crippen molar-refractivity contribution in [2.75, 3.05) is 5.32 Å². The normalized spacial score (nSPS) is 10.4. The van der Waals surface area contributed by atoms with E-state index in [9.17, 15) is 4.79 Å². The van der Waals surface area contributed by atoms with Gasteiger partial charge in [-0.25, -0.2) is 4.98 Å². The first-order valence-corrected chi connectivity index (χ1v) is 6.29. The van der Waals surface area contributed by atoms with Gasteiger partial charge in [0, 0.05) is 23.1 Å². The molecule has 0 saturated heterocycles. The largest absolute Gasteiger partial charge is 0.345 e. The molecular weight excluding hydrogens is 290 g/mol. The maximum Gasteiger partial charge on any atom is 0.274 e. The van der Waals surface area contributed by atoms with Crippen LogP contribution in [0.3, 0.4) is 0 Å². The molecule has 0 spiro atoms. The highest BCUT2D eigenvalue weighted by atomic mass is 79.9. The van der Waals surface area contributed by atoms with E-state index in [0.717, 1.165) is 10.2 Å². The summed E-state index contributed by atoms with van der Waals surface area (Å²) in [7, 11) is 1.83. The predicted octanol–water partition coefficient (Wildman–Crippen LogP) is 2.80. The zero-order chi connectivity index (χ0) is 11.7. The summed E-state index contributed by atoms with van der Waals surface area (Å²) in [6.45, 7) is 1.89. The summed E-state index contributed by atoms with van der Waals surface area (Å²) in [6, 6.07) is 1.77. The fourth-order valence-electron chi connectivity index (χ4n) is 1.32. The molecule has 16 heavy (non-hydrogen) atoms. The third kappa shape index (κ3) is 2.33. The van der Waals surface area contributed by atoms with E-state index in [1.54, 1.807) is 10.6 Å². The van der Waals surface area contributed by atoms with Crippen molar-refractivity contribution in [3.8, 4) is 0 Å². The summed E-state index contributed by atoms with van der Waals surface area (Å²) in [6.07, 6.45) is 1.84. The van der Waals surface area contributed by atoms with Gasteiger partial charge < -0.3 is 4.57 Å². The molecule has 0 aliphatic carbocycles. The third-order valence-corrected chi connectivity index (χ3v) is 3.35. The van der Waals surface area contributed by atoms with Crippen molar-refractivity contribution in [1.82, 2.24) is 9.55 Å². The van der Waals surface area contributed by atoms with Gasteiger partial charge in [0.1, 0.15) is 5.69 Å².